The SMILES string of the molecule is CCc1nc(NCc2ncc(CC)s2)c2ccsc2n1. The van der Waals surface area contributed by atoms with Crippen LogP contribution in [0, 0.1) is 0 Å². The van der Waals surface area contributed by atoms with E-state index in [1.54, 1.807) is 22.7 Å². The van der Waals surface area contributed by atoms with Gasteiger partial charge in [-0.3, -0.25) is 0 Å². The molecule has 0 spiro atoms. The Balaban J connectivity index is 1.84. The number of thiophene rings is 1. The zero-order valence-corrected chi connectivity index (χ0v) is 13.1. The number of nitrogens with zero attached hydrogens (tertiary/aromatic N) is 3. The minimum absolute atomic E-state index is 0.718. The smallest absolute Gasteiger partial charge is 0.138 e. The van der Waals surface area contributed by atoms with Crippen molar-refractivity contribution in [2.75, 3.05) is 5.32 Å². The molecule has 0 aliphatic rings. The molecule has 0 unspecified atom stereocenters. The molecule has 0 radical (unpaired) electrons. The van der Waals surface area contributed by atoms with Crippen LogP contribution in [0.5, 0.6) is 0 Å². The summed E-state index contributed by atoms with van der Waals surface area (Å²) in [5.41, 5.74) is 0. The Morgan fingerprint density at radius 3 is 2.85 bits per heavy atom. The fraction of sp³-hybridized carbons (Fsp3) is 0.357. The van der Waals surface area contributed by atoms with Gasteiger partial charge in [0.05, 0.1) is 11.9 Å². The summed E-state index contributed by atoms with van der Waals surface area (Å²) in [4.78, 5) is 15.9. The Kier molecular flexibility index (Phi) is 3.93. The fourth-order valence-corrected chi connectivity index (χ4v) is 3.53. The van der Waals surface area contributed by atoms with Crippen LogP contribution in [-0.4, -0.2) is 15.0 Å². The Bertz CT molecular complexity index is 717. The summed E-state index contributed by atoms with van der Waals surface area (Å²) >= 11 is 3.41. The lowest BCUT2D eigenvalue weighted by Crippen LogP contribution is -2.04. The largest absolute Gasteiger partial charge is 0.363 e. The molecule has 0 saturated carbocycles. The average Bonchev–Trinajstić information content (AvgIpc) is 3.12. The van der Waals surface area contributed by atoms with E-state index in [0.717, 1.165) is 46.3 Å². The Labute approximate surface area is 125 Å². The molecule has 0 amide bonds. The number of fused-ring (bicyclic) bond motifs is 1. The molecule has 0 aliphatic carbocycles. The van der Waals surface area contributed by atoms with Crippen LogP contribution in [0.15, 0.2) is 17.6 Å². The van der Waals surface area contributed by atoms with Crippen LogP contribution < -0.4 is 5.32 Å². The Morgan fingerprint density at radius 2 is 2.10 bits per heavy atom. The molecule has 104 valence electrons. The fourth-order valence-electron chi connectivity index (χ4n) is 1.94. The van der Waals surface area contributed by atoms with Crippen LogP contribution in [0.25, 0.3) is 10.2 Å². The zero-order chi connectivity index (χ0) is 13.9. The first-order chi connectivity index (χ1) is 9.80. The highest BCUT2D eigenvalue weighted by atomic mass is 32.1. The van der Waals surface area contributed by atoms with Crippen LogP contribution in [0.2, 0.25) is 0 Å². The number of rotatable bonds is 5. The third-order valence-electron chi connectivity index (χ3n) is 3.04. The molecule has 1 N–H and O–H groups in total. The minimum Gasteiger partial charge on any atom is -0.363 e. The number of hydrogen-bond donors (Lipinski definition) is 1. The van der Waals surface area contributed by atoms with Gasteiger partial charge in [-0.1, -0.05) is 13.8 Å². The molecule has 3 aromatic heterocycles. The van der Waals surface area contributed by atoms with E-state index in [4.69, 9.17) is 0 Å². The van der Waals surface area contributed by atoms with E-state index < -0.39 is 0 Å². The standard InChI is InChI=1S/C14H16N4S2/c1-3-9-7-15-12(20-9)8-16-13-10-5-6-19-14(10)18-11(4-2)17-13/h5-7H,3-4,8H2,1-2H3,(H,16,17,18). The van der Waals surface area contributed by atoms with E-state index in [-0.39, 0.29) is 0 Å². The highest BCUT2D eigenvalue weighted by molar-refractivity contribution is 7.16. The van der Waals surface area contributed by atoms with Gasteiger partial charge in [0.15, 0.2) is 0 Å². The quantitative estimate of drug-likeness (QED) is 0.777. The summed E-state index contributed by atoms with van der Waals surface area (Å²) in [6.45, 7) is 4.94. The number of anilines is 1. The van der Waals surface area contributed by atoms with Gasteiger partial charge in [0.25, 0.3) is 0 Å². The number of hydrogen-bond acceptors (Lipinski definition) is 6. The summed E-state index contributed by atoms with van der Waals surface area (Å²) in [6, 6.07) is 2.07. The van der Waals surface area contributed by atoms with Gasteiger partial charge in [-0.15, -0.1) is 22.7 Å². The zero-order valence-electron chi connectivity index (χ0n) is 11.5. The van der Waals surface area contributed by atoms with E-state index in [9.17, 15) is 0 Å². The first kappa shape index (κ1) is 13.5. The second-order valence-corrected chi connectivity index (χ2v) is 6.50. The summed E-state index contributed by atoms with van der Waals surface area (Å²) in [7, 11) is 0. The minimum atomic E-state index is 0.718. The van der Waals surface area contributed by atoms with Gasteiger partial charge in [0.1, 0.15) is 21.5 Å². The van der Waals surface area contributed by atoms with Crippen molar-refractivity contribution in [1.82, 2.24) is 15.0 Å². The third kappa shape index (κ3) is 2.66. The topological polar surface area (TPSA) is 50.7 Å². The van der Waals surface area contributed by atoms with Crippen LogP contribution in [0.3, 0.4) is 0 Å². The van der Waals surface area contributed by atoms with Gasteiger partial charge < -0.3 is 5.32 Å². The molecule has 6 heteroatoms. The van der Waals surface area contributed by atoms with Gasteiger partial charge in [0, 0.05) is 17.5 Å². The predicted molar refractivity (Wildman–Crippen MR) is 85.6 cm³/mol. The summed E-state index contributed by atoms with van der Waals surface area (Å²) in [5.74, 6) is 1.80. The summed E-state index contributed by atoms with van der Waals surface area (Å²) in [5, 5.41) is 7.66. The molecule has 0 saturated heterocycles. The summed E-state index contributed by atoms with van der Waals surface area (Å²) < 4.78 is 0. The molecule has 0 bridgehead atoms. The molecule has 3 rings (SSSR count). The van der Waals surface area contributed by atoms with E-state index >= 15 is 0 Å². The maximum Gasteiger partial charge on any atom is 0.138 e. The first-order valence-corrected chi connectivity index (χ1v) is 8.41. The molecule has 3 heterocycles. The highest BCUT2D eigenvalue weighted by Crippen LogP contribution is 2.26. The van der Waals surface area contributed by atoms with Gasteiger partial charge >= 0.3 is 0 Å². The number of aromatic nitrogens is 3. The molecule has 0 aliphatic heterocycles. The van der Waals surface area contributed by atoms with Crippen molar-refractivity contribution in [3.8, 4) is 0 Å². The van der Waals surface area contributed by atoms with E-state index in [1.165, 1.54) is 4.88 Å². The number of aryl methyl sites for hydroxylation is 2. The molecule has 0 aromatic carbocycles. The van der Waals surface area contributed by atoms with E-state index in [2.05, 4.69) is 45.6 Å². The molecular formula is C14H16N4S2. The van der Waals surface area contributed by atoms with Crippen molar-refractivity contribution < 1.29 is 0 Å². The van der Waals surface area contributed by atoms with Crippen molar-refractivity contribution in [2.45, 2.75) is 33.2 Å². The van der Waals surface area contributed by atoms with Gasteiger partial charge in [-0.25, -0.2) is 15.0 Å². The molecular weight excluding hydrogens is 288 g/mol. The molecule has 0 atom stereocenters. The van der Waals surface area contributed by atoms with Gasteiger partial charge in [-0.05, 0) is 17.9 Å². The third-order valence-corrected chi connectivity index (χ3v) is 4.99. The van der Waals surface area contributed by atoms with Crippen LogP contribution in [-0.2, 0) is 19.4 Å². The lowest BCUT2D eigenvalue weighted by atomic mass is 10.3. The van der Waals surface area contributed by atoms with Crippen molar-refractivity contribution in [1.29, 1.82) is 0 Å². The lowest BCUT2D eigenvalue weighted by molar-refractivity contribution is 0.955. The lowest BCUT2D eigenvalue weighted by Gasteiger charge is -2.06. The normalized spacial score (nSPS) is 11.1. The number of thiazole rings is 1. The van der Waals surface area contributed by atoms with Crippen LogP contribution in [0.4, 0.5) is 5.82 Å². The summed E-state index contributed by atoms with van der Waals surface area (Å²) in [6.07, 6.45) is 3.85. The maximum atomic E-state index is 4.59. The van der Waals surface area contributed by atoms with Crippen LogP contribution in [0.1, 0.15) is 29.6 Å². The molecule has 4 nitrogen and oxygen atoms in total. The maximum absolute atomic E-state index is 4.59. The highest BCUT2D eigenvalue weighted by Gasteiger charge is 2.08. The second-order valence-electron chi connectivity index (χ2n) is 4.41. The average molecular weight is 304 g/mol. The van der Waals surface area contributed by atoms with Gasteiger partial charge in [0.2, 0.25) is 0 Å². The van der Waals surface area contributed by atoms with Crippen LogP contribution >= 0.6 is 22.7 Å². The Hall–Kier alpha value is -1.53. The second kappa shape index (κ2) is 5.85. The monoisotopic (exact) mass is 304 g/mol. The van der Waals surface area contributed by atoms with Crippen molar-refractivity contribution in [2.24, 2.45) is 0 Å². The van der Waals surface area contributed by atoms with Crippen molar-refractivity contribution in [3.63, 3.8) is 0 Å². The molecule has 3 aromatic rings. The van der Waals surface area contributed by atoms with Crippen molar-refractivity contribution >= 4 is 38.7 Å². The molecule has 0 fully saturated rings. The first-order valence-electron chi connectivity index (χ1n) is 6.71. The van der Waals surface area contributed by atoms with Gasteiger partial charge in [-0.2, -0.15) is 0 Å². The predicted octanol–water partition coefficient (Wildman–Crippen LogP) is 3.88. The van der Waals surface area contributed by atoms with E-state index in [0.29, 0.717) is 0 Å². The number of nitrogens with one attached hydrogen (secondary N) is 1. The van der Waals surface area contributed by atoms with E-state index in [1.807, 2.05) is 6.20 Å². The molecule has 20 heavy (non-hydrogen) atoms. The Morgan fingerprint density at radius 1 is 1.20 bits per heavy atom. The van der Waals surface area contributed by atoms with Crippen molar-refractivity contribution in [3.05, 3.63) is 33.4 Å².